The summed E-state index contributed by atoms with van der Waals surface area (Å²) in [6, 6.07) is 6.57. The first-order valence-electron chi connectivity index (χ1n) is 12.4. The maximum Gasteiger partial charge on any atom is 0.271 e. The van der Waals surface area contributed by atoms with E-state index in [2.05, 4.69) is 31.5 Å². The number of amides is 1. The third kappa shape index (κ3) is 6.78. The number of halogens is 4. The van der Waals surface area contributed by atoms with Gasteiger partial charge in [0.2, 0.25) is 0 Å². The average molecular weight is 584 g/mol. The van der Waals surface area contributed by atoms with Crippen LogP contribution in [-0.2, 0) is 0 Å². The second-order valence-electron chi connectivity index (χ2n) is 9.66. The minimum atomic E-state index is -2.60. The Morgan fingerprint density at radius 2 is 2.00 bits per heavy atom. The van der Waals surface area contributed by atoms with E-state index in [9.17, 15) is 28.1 Å². The summed E-state index contributed by atoms with van der Waals surface area (Å²) in [7, 11) is 0. The molecule has 1 atom stereocenters. The summed E-state index contributed by atoms with van der Waals surface area (Å²) in [5.74, 6) is -3.80. The molecule has 12 heteroatoms. The molecule has 2 aromatic rings. The van der Waals surface area contributed by atoms with E-state index in [-0.39, 0.29) is 28.1 Å². The number of alkyl halides is 2. The van der Waals surface area contributed by atoms with E-state index in [1.807, 2.05) is 4.90 Å². The van der Waals surface area contributed by atoms with Gasteiger partial charge >= 0.3 is 0 Å². The number of nitro groups is 1. The van der Waals surface area contributed by atoms with Gasteiger partial charge in [-0.05, 0) is 59.3 Å². The van der Waals surface area contributed by atoms with Gasteiger partial charge in [0.25, 0.3) is 17.5 Å². The molecule has 8 nitrogen and oxygen atoms in total. The zero-order valence-corrected chi connectivity index (χ0v) is 21.8. The monoisotopic (exact) mass is 583 g/mol. The highest BCUT2D eigenvalue weighted by Gasteiger charge is 2.40. The number of non-ortho nitro benzene ring substituents is 1. The van der Waals surface area contributed by atoms with Gasteiger partial charge in [0, 0.05) is 50.7 Å². The molecule has 200 valence electrons. The molecule has 1 unspecified atom stereocenters. The van der Waals surface area contributed by atoms with Crippen LogP contribution in [0, 0.1) is 27.8 Å². The first kappa shape index (κ1) is 27.3. The molecule has 0 bridgehead atoms. The van der Waals surface area contributed by atoms with Crippen molar-refractivity contribution in [2.24, 2.45) is 11.8 Å². The highest BCUT2D eigenvalue weighted by atomic mass is 79.9. The number of nitro benzene ring substituents is 1. The summed E-state index contributed by atoms with van der Waals surface area (Å²) in [4.78, 5) is 29.8. The highest BCUT2D eigenvalue weighted by molar-refractivity contribution is 9.10. The van der Waals surface area contributed by atoms with Crippen LogP contribution in [-0.4, -0.2) is 47.9 Å². The average Bonchev–Trinajstić information content (AvgIpc) is 2.87. The number of anilines is 2. The van der Waals surface area contributed by atoms with Crippen molar-refractivity contribution in [2.45, 2.75) is 44.4 Å². The van der Waals surface area contributed by atoms with Crippen LogP contribution in [0.5, 0.6) is 0 Å². The Balaban J connectivity index is 1.39. The number of nitrogens with one attached hydrogen (secondary N) is 2. The number of hydrogen-bond donors (Lipinski definition) is 2. The van der Waals surface area contributed by atoms with Gasteiger partial charge in [-0.3, -0.25) is 14.9 Å². The molecule has 3 heterocycles. The molecule has 0 saturated carbocycles. The lowest BCUT2D eigenvalue weighted by atomic mass is 9.86. The summed E-state index contributed by atoms with van der Waals surface area (Å²) < 4.78 is 41.6. The number of carbonyl (C=O) groups is 1. The quantitative estimate of drug-likeness (QED) is 0.232. The van der Waals surface area contributed by atoms with Gasteiger partial charge in [-0.25, -0.2) is 18.2 Å². The Labute approximate surface area is 221 Å². The molecule has 1 amide bonds. The third-order valence-corrected chi connectivity index (χ3v) is 7.78. The van der Waals surface area contributed by atoms with Crippen LogP contribution in [0.25, 0.3) is 0 Å². The zero-order chi connectivity index (χ0) is 26.6. The van der Waals surface area contributed by atoms with Gasteiger partial charge < -0.3 is 15.5 Å². The molecule has 2 aliphatic rings. The number of piperidine rings is 2. The van der Waals surface area contributed by atoms with Crippen LogP contribution in [0.1, 0.15) is 48.9 Å². The predicted molar refractivity (Wildman–Crippen MR) is 138 cm³/mol. The summed E-state index contributed by atoms with van der Waals surface area (Å²) in [5, 5.41) is 17.1. The number of hydrogen-bond acceptors (Lipinski definition) is 6. The summed E-state index contributed by atoms with van der Waals surface area (Å²) in [6.45, 7) is 1.90. The van der Waals surface area contributed by atoms with E-state index in [0.717, 1.165) is 25.7 Å². The second-order valence-corrected chi connectivity index (χ2v) is 10.4. The van der Waals surface area contributed by atoms with Crippen molar-refractivity contribution < 1.29 is 22.9 Å². The van der Waals surface area contributed by atoms with Crippen molar-refractivity contribution in [1.82, 2.24) is 10.3 Å². The minimum Gasteiger partial charge on any atom is -0.371 e. The standard InChI is InChI=1S/C25H29BrF3N5O3/c26-23-20(27)6-7-22(31-23)32-24(35)19-5-4-18(34(36)37)14-21(19)33-12-8-16(9-13-33)2-1-3-17-15-30-11-10-25(17,28)29/h4-7,14,16-17,30H,1-3,8-13,15H2,(H,31,32,35). The Kier molecular flexibility index (Phi) is 8.68. The first-order valence-corrected chi connectivity index (χ1v) is 13.2. The van der Waals surface area contributed by atoms with Crippen LogP contribution in [0.15, 0.2) is 34.9 Å². The summed E-state index contributed by atoms with van der Waals surface area (Å²) in [5.41, 5.74) is 0.566. The van der Waals surface area contributed by atoms with Gasteiger partial charge in [0.1, 0.15) is 10.4 Å². The molecule has 37 heavy (non-hydrogen) atoms. The van der Waals surface area contributed by atoms with E-state index in [4.69, 9.17) is 0 Å². The molecule has 0 aliphatic carbocycles. The molecule has 0 spiro atoms. The summed E-state index contributed by atoms with van der Waals surface area (Å²) in [6.07, 6.45) is 3.57. The Morgan fingerprint density at radius 3 is 2.68 bits per heavy atom. The van der Waals surface area contributed by atoms with Crippen LogP contribution in [0.3, 0.4) is 0 Å². The van der Waals surface area contributed by atoms with Crippen molar-refractivity contribution >= 4 is 39.0 Å². The number of benzene rings is 1. The largest absolute Gasteiger partial charge is 0.371 e. The number of rotatable bonds is 8. The fourth-order valence-corrected chi connectivity index (χ4v) is 5.39. The van der Waals surface area contributed by atoms with E-state index < -0.39 is 28.5 Å². The van der Waals surface area contributed by atoms with Crippen molar-refractivity contribution in [3.05, 3.63) is 56.4 Å². The van der Waals surface area contributed by atoms with Gasteiger partial charge in [-0.1, -0.05) is 12.8 Å². The maximum absolute atomic E-state index is 14.1. The van der Waals surface area contributed by atoms with Gasteiger partial charge in [-0.2, -0.15) is 0 Å². The lowest BCUT2D eigenvalue weighted by Gasteiger charge is -2.35. The van der Waals surface area contributed by atoms with E-state index >= 15 is 0 Å². The Morgan fingerprint density at radius 1 is 1.24 bits per heavy atom. The minimum absolute atomic E-state index is 0.0419. The number of carbonyl (C=O) groups excluding carboxylic acids is 1. The molecule has 2 fully saturated rings. The van der Waals surface area contributed by atoms with Crippen molar-refractivity contribution in [3.63, 3.8) is 0 Å². The third-order valence-electron chi connectivity index (χ3n) is 7.22. The topological polar surface area (TPSA) is 100 Å². The molecule has 1 aromatic carbocycles. The maximum atomic E-state index is 14.1. The van der Waals surface area contributed by atoms with Gasteiger partial charge in [0.05, 0.1) is 16.2 Å². The Bertz CT molecular complexity index is 1140. The van der Waals surface area contributed by atoms with Crippen LogP contribution < -0.4 is 15.5 Å². The lowest BCUT2D eigenvalue weighted by molar-refractivity contribution is -0.384. The second kappa shape index (κ2) is 11.8. The Hall–Kier alpha value is -2.73. The van der Waals surface area contributed by atoms with E-state index in [1.165, 1.54) is 30.3 Å². The molecule has 1 aromatic heterocycles. The molecular formula is C25H29BrF3N5O3. The van der Waals surface area contributed by atoms with Gasteiger partial charge in [-0.15, -0.1) is 0 Å². The highest BCUT2D eigenvalue weighted by Crippen LogP contribution is 2.36. The van der Waals surface area contributed by atoms with Crippen molar-refractivity contribution in [1.29, 1.82) is 0 Å². The van der Waals surface area contributed by atoms with Crippen molar-refractivity contribution in [2.75, 3.05) is 36.4 Å². The molecule has 2 N–H and O–H groups in total. The summed E-state index contributed by atoms with van der Waals surface area (Å²) >= 11 is 2.99. The number of aromatic nitrogens is 1. The number of nitrogens with zero attached hydrogens (tertiary/aromatic N) is 3. The smallest absolute Gasteiger partial charge is 0.271 e. The molecule has 2 aliphatic heterocycles. The molecular weight excluding hydrogens is 555 g/mol. The first-order chi connectivity index (χ1) is 17.6. The molecule has 4 rings (SSSR count). The van der Waals surface area contributed by atoms with E-state index in [0.29, 0.717) is 44.2 Å². The SMILES string of the molecule is O=C(Nc1ccc(F)c(Br)n1)c1ccc([N+](=O)[O-])cc1N1CCC(CCCC2CNCCC2(F)F)CC1. The predicted octanol–water partition coefficient (Wildman–Crippen LogP) is 5.78. The van der Waals surface area contributed by atoms with E-state index in [1.54, 1.807) is 0 Å². The molecule has 2 saturated heterocycles. The van der Waals surface area contributed by atoms with Crippen molar-refractivity contribution in [3.8, 4) is 0 Å². The molecule has 0 radical (unpaired) electrons. The van der Waals surface area contributed by atoms with Crippen LogP contribution in [0.2, 0.25) is 0 Å². The lowest BCUT2D eigenvalue weighted by Crippen LogP contribution is -2.44. The fourth-order valence-electron chi connectivity index (χ4n) is 5.07. The number of pyridine rings is 1. The van der Waals surface area contributed by atoms with Crippen LogP contribution >= 0.6 is 15.9 Å². The van der Waals surface area contributed by atoms with Gasteiger partial charge in [0.15, 0.2) is 5.82 Å². The zero-order valence-electron chi connectivity index (χ0n) is 20.2. The normalized spacial score (nSPS) is 20.0. The van der Waals surface area contributed by atoms with Crippen LogP contribution in [0.4, 0.5) is 30.4 Å². The fraction of sp³-hybridized carbons (Fsp3) is 0.520.